The van der Waals surface area contributed by atoms with Crippen molar-refractivity contribution in [2.75, 3.05) is 16.0 Å². The number of hydrogen-bond donors (Lipinski definition) is 1. The first-order valence-corrected chi connectivity index (χ1v) is 12.7. The minimum atomic E-state index is -1.07. The van der Waals surface area contributed by atoms with Crippen LogP contribution in [-0.4, -0.2) is 32.7 Å². The van der Waals surface area contributed by atoms with Crippen LogP contribution in [0.4, 0.5) is 11.4 Å². The maximum absolute atomic E-state index is 13.6. The number of anilines is 2. The zero-order valence-electron chi connectivity index (χ0n) is 20.3. The number of benzene rings is 3. The normalized spacial score (nSPS) is 15.3. The van der Waals surface area contributed by atoms with Gasteiger partial charge in [-0.25, -0.2) is 4.98 Å². The molecule has 0 spiro atoms. The molecule has 0 unspecified atom stereocenters. The van der Waals surface area contributed by atoms with Crippen LogP contribution >= 0.6 is 11.8 Å². The molecule has 7 nitrogen and oxygen atoms in total. The number of aromatic nitrogens is 2. The fourth-order valence-corrected chi connectivity index (χ4v) is 5.46. The Morgan fingerprint density at radius 2 is 1.64 bits per heavy atom. The molecule has 0 saturated heterocycles. The third-order valence-electron chi connectivity index (χ3n) is 6.53. The van der Waals surface area contributed by atoms with Crippen LogP contribution in [0.1, 0.15) is 32.4 Å². The summed E-state index contributed by atoms with van der Waals surface area (Å²) in [6.45, 7) is 5.40. The van der Waals surface area contributed by atoms with Gasteiger partial charge in [0.25, 0.3) is 5.56 Å². The highest BCUT2D eigenvalue weighted by atomic mass is 32.2. The molecule has 0 saturated carbocycles. The molecule has 3 aromatic carbocycles. The minimum Gasteiger partial charge on any atom is -0.322 e. The number of thioether (sulfide) groups is 1. The van der Waals surface area contributed by atoms with E-state index in [1.165, 1.54) is 16.7 Å². The van der Waals surface area contributed by atoms with E-state index in [1.54, 1.807) is 36.6 Å². The van der Waals surface area contributed by atoms with Gasteiger partial charge in [-0.1, -0.05) is 66.4 Å². The summed E-state index contributed by atoms with van der Waals surface area (Å²) in [4.78, 5) is 46.3. The SMILES string of the molecule is C[C@@H](c1ccccc1)n1c(SCC(=O)N2c3ccccc3NC(=O)C2(C)C)nc2ccccc2c1=O. The molecule has 8 heteroatoms. The molecule has 1 N–H and O–H groups in total. The van der Waals surface area contributed by atoms with E-state index in [0.29, 0.717) is 27.4 Å². The van der Waals surface area contributed by atoms with Gasteiger partial charge in [-0.15, -0.1) is 0 Å². The summed E-state index contributed by atoms with van der Waals surface area (Å²) in [5, 5.41) is 3.86. The molecular formula is C28H26N4O3S. The Morgan fingerprint density at radius 1 is 0.972 bits per heavy atom. The minimum absolute atomic E-state index is 0.0112. The van der Waals surface area contributed by atoms with Crippen LogP contribution in [0.15, 0.2) is 88.8 Å². The lowest BCUT2D eigenvalue weighted by molar-refractivity contribution is -0.125. The fourth-order valence-electron chi connectivity index (χ4n) is 4.54. The van der Waals surface area contributed by atoms with Crippen LogP contribution in [0.5, 0.6) is 0 Å². The topological polar surface area (TPSA) is 84.3 Å². The first-order chi connectivity index (χ1) is 17.3. The largest absolute Gasteiger partial charge is 0.322 e. The van der Waals surface area contributed by atoms with Gasteiger partial charge in [-0.05, 0) is 50.6 Å². The molecule has 5 rings (SSSR count). The van der Waals surface area contributed by atoms with Gasteiger partial charge in [0.1, 0.15) is 5.54 Å². The van der Waals surface area contributed by atoms with Crippen molar-refractivity contribution < 1.29 is 9.59 Å². The molecule has 0 bridgehead atoms. The Bertz CT molecular complexity index is 1530. The number of nitrogens with one attached hydrogen (secondary N) is 1. The zero-order valence-corrected chi connectivity index (χ0v) is 21.1. The second kappa shape index (κ2) is 9.28. The molecule has 182 valence electrons. The Kier molecular flexibility index (Phi) is 6.14. The molecule has 36 heavy (non-hydrogen) atoms. The van der Waals surface area contributed by atoms with Gasteiger partial charge >= 0.3 is 0 Å². The molecule has 0 aliphatic carbocycles. The number of carbonyl (C=O) groups excluding carboxylic acids is 2. The lowest BCUT2D eigenvalue weighted by Gasteiger charge is -2.42. The van der Waals surface area contributed by atoms with E-state index in [2.05, 4.69) is 5.32 Å². The highest BCUT2D eigenvalue weighted by molar-refractivity contribution is 7.99. The van der Waals surface area contributed by atoms with Gasteiger partial charge in [0, 0.05) is 0 Å². The summed E-state index contributed by atoms with van der Waals surface area (Å²) < 4.78 is 1.65. The second-order valence-corrected chi connectivity index (χ2v) is 10.2. The van der Waals surface area contributed by atoms with Gasteiger partial charge in [-0.3, -0.25) is 23.9 Å². The number of hydrogen-bond acceptors (Lipinski definition) is 5. The molecule has 1 atom stereocenters. The third-order valence-corrected chi connectivity index (χ3v) is 7.46. The summed E-state index contributed by atoms with van der Waals surface area (Å²) in [6.07, 6.45) is 0. The van der Waals surface area contributed by atoms with Gasteiger partial charge in [-0.2, -0.15) is 0 Å². The Hall–Kier alpha value is -3.91. The number of fused-ring (bicyclic) bond motifs is 2. The van der Waals surface area contributed by atoms with Crippen LogP contribution < -0.4 is 15.8 Å². The highest BCUT2D eigenvalue weighted by Crippen LogP contribution is 2.37. The van der Waals surface area contributed by atoms with Crippen molar-refractivity contribution in [2.45, 2.75) is 37.5 Å². The van der Waals surface area contributed by atoms with Crippen molar-refractivity contribution in [2.24, 2.45) is 0 Å². The number of nitrogens with zero attached hydrogens (tertiary/aromatic N) is 3. The third kappa shape index (κ3) is 4.07. The monoisotopic (exact) mass is 498 g/mol. The molecule has 0 fully saturated rings. The number of amides is 2. The number of rotatable bonds is 5. The van der Waals surface area contributed by atoms with Gasteiger partial charge in [0.15, 0.2) is 5.16 Å². The van der Waals surface area contributed by atoms with E-state index < -0.39 is 5.54 Å². The van der Waals surface area contributed by atoms with Crippen molar-refractivity contribution >= 4 is 45.9 Å². The number of para-hydroxylation sites is 3. The summed E-state index contributed by atoms with van der Waals surface area (Å²) in [6, 6.07) is 23.9. The lowest BCUT2D eigenvalue weighted by atomic mass is 9.96. The molecular weight excluding hydrogens is 472 g/mol. The maximum atomic E-state index is 13.6. The molecule has 0 radical (unpaired) electrons. The second-order valence-electron chi connectivity index (χ2n) is 9.22. The summed E-state index contributed by atoms with van der Waals surface area (Å²) >= 11 is 1.21. The van der Waals surface area contributed by atoms with Crippen molar-refractivity contribution in [1.82, 2.24) is 9.55 Å². The van der Waals surface area contributed by atoms with E-state index in [4.69, 9.17) is 4.98 Å². The predicted octanol–water partition coefficient (Wildman–Crippen LogP) is 4.86. The summed E-state index contributed by atoms with van der Waals surface area (Å²) in [5.41, 5.74) is 1.56. The molecule has 2 heterocycles. The van der Waals surface area contributed by atoms with E-state index in [0.717, 1.165) is 5.56 Å². The Labute approximate surface area is 213 Å². The number of carbonyl (C=O) groups is 2. The molecule has 1 aromatic heterocycles. The first-order valence-electron chi connectivity index (χ1n) is 11.7. The van der Waals surface area contributed by atoms with Gasteiger partial charge in [0.2, 0.25) is 11.8 Å². The van der Waals surface area contributed by atoms with Crippen LogP contribution in [0.2, 0.25) is 0 Å². The molecule has 4 aromatic rings. The zero-order chi connectivity index (χ0) is 25.4. The average molecular weight is 499 g/mol. The Morgan fingerprint density at radius 3 is 2.42 bits per heavy atom. The van der Waals surface area contributed by atoms with Gasteiger partial charge < -0.3 is 5.32 Å². The van der Waals surface area contributed by atoms with Crippen LogP contribution in [0.25, 0.3) is 10.9 Å². The standard InChI is InChI=1S/C28H26N4O3S/c1-18(19-11-5-4-6-12-19)31-25(34)20-13-7-8-14-21(20)30-27(31)36-17-24(33)32-23-16-10-9-15-22(23)29-26(35)28(32,2)3/h4-16,18H,17H2,1-3H3,(H,29,35)/t18-/m0/s1. The highest BCUT2D eigenvalue weighted by Gasteiger charge is 2.43. The quantitative estimate of drug-likeness (QED) is 0.314. The molecule has 1 aliphatic rings. The van der Waals surface area contributed by atoms with E-state index in [-0.39, 0.29) is 29.2 Å². The van der Waals surface area contributed by atoms with E-state index in [9.17, 15) is 14.4 Å². The fraction of sp³-hybridized carbons (Fsp3) is 0.214. The lowest BCUT2D eigenvalue weighted by Crippen LogP contribution is -2.59. The smallest absolute Gasteiger partial charge is 0.262 e. The first kappa shape index (κ1) is 23.8. The van der Waals surface area contributed by atoms with Crippen molar-refractivity contribution in [3.05, 3.63) is 94.8 Å². The van der Waals surface area contributed by atoms with Crippen molar-refractivity contribution in [3.8, 4) is 0 Å². The predicted molar refractivity (Wildman–Crippen MR) is 144 cm³/mol. The molecule has 2 amide bonds. The molecule has 1 aliphatic heterocycles. The van der Waals surface area contributed by atoms with E-state index in [1.807, 2.05) is 67.6 Å². The van der Waals surface area contributed by atoms with Crippen molar-refractivity contribution in [3.63, 3.8) is 0 Å². The van der Waals surface area contributed by atoms with Crippen LogP contribution in [0.3, 0.4) is 0 Å². The van der Waals surface area contributed by atoms with Gasteiger partial charge in [0.05, 0.1) is 34.1 Å². The summed E-state index contributed by atoms with van der Waals surface area (Å²) in [5.74, 6) is -0.483. The van der Waals surface area contributed by atoms with Crippen LogP contribution in [-0.2, 0) is 9.59 Å². The van der Waals surface area contributed by atoms with E-state index >= 15 is 0 Å². The average Bonchev–Trinajstić information content (AvgIpc) is 2.88. The Balaban J connectivity index is 1.53. The maximum Gasteiger partial charge on any atom is 0.262 e. The van der Waals surface area contributed by atoms with Crippen LogP contribution in [0, 0.1) is 0 Å². The summed E-state index contributed by atoms with van der Waals surface area (Å²) in [7, 11) is 0. The van der Waals surface area contributed by atoms with Crippen molar-refractivity contribution in [1.29, 1.82) is 0 Å².